The summed E-state index contributed by atoms with van der Waals surface area (Å²) in [5.41, 5.74) is 2.07. The Labute approximate surface area is 155 Å². The van der Waals surface area contributed by atoms with E-state index in [1.54, 1.807) is 12.1 Å². The molecule has 3 rings (SSSR count). The third-order valence-electron chi connectivity index (χ3n) is 4.75. The lowest BCUT2D eigenvalue weighted by molar-refractivity contribution is -0.124. The molecule has 1 atom stereocenters. The molecule has 0 aromatic heterocycles. The van der Waals surface area contributed by atoms with Gasteiger partial charge in [-0.15, -0.1) is 0 Å². The molecule has 1 amide bonds. The number of carbonyl (C=O) groups excluding carboxylic acids is 1. The van der Waals surface area contributed by atoms with E-state index in [2.05, 4.69) is 5.32 Å². The van der Waals surface area contributed by atoms with E-state index >= 15 is 0 Å². The molecule has 1 aliphatic heterocycles. The fourth-order valence-corrected chi connectivity index (χ4v) is 4.88. The summed E-state index contributed by atoms with van der Waals surface area (Å²) in [5, 5.41) is 2.87. The molecule has 6 heteroatoms. The monoisotopic (exact) mass is 372 g/mol. The highest BCUT2D eigenvalue weighted by atomic mass is 32.2. The van der Waals surface area contributed by atoms with Crippen molar-refractivity contribution in [1.82, 2.24) is 9.62 Å². The Bertz CT molecular complexity index is 848. The van der Waals surface area contributed by atoms with E-state index in [1.807, 2.05) is 49.4 Å². The third kappa shape index (κ3) is 3.97. The third-order valence-corrected chi connectivity index (χ3v) is 6.68. The van der Waals surface area contributed by atoms with Gasteiger partial charge >= 0.3 is 0 Å². The van der Waals surface area contributed by atoms with Gasteiger partial charge in [0.05, 0.1) is 4.90 Å². The van der Waals surface area contributed by atoms with E-state index in [4.69, 9.17) is 0 Å². The van der Waals surface area contributed by atoms with E-state index in [1.165, 1.54) is 4.31 Å². The van der Waals surface area contributed by atoms with Gasteiger partial charge in [0.25, 0.3) is 0 Å². The first-order chi connectivity index (χ1) is 12.5. The second-order valence-electron chi connectivity index (χ2n) is 6.47. The SMILES string of the molecule is CCc1ccc(S(=O)(=O)N2CCC[C@H]2C(=O)NCc2ccccc2)cc1. The summed E-state index contributed by atoms with van der Waals surface area (Å²) in [6, 6.07) is 15.9. The van der Waals surface area contributed by atoms with Crippen molar-refractivity contribution in [3.8, 4) is 0 Å². The van der Waals surface area contributed by atoms with Crippen LogP contribution in [0.4, 0.5) is 0 Å². The average Bonchev–Trinajstić information content (AvgIpc) is 3.18. The number of nitrogens with one attached hydrogen (secondary N) is 1. The number of rotatable bonds is 6. The first kappa shape index (κ1) is 18.6. The maximum atomic E-state index is 13.0. The van der Waals surface area contributed by atoms with Crippen LogP contribution in [0.3, 0.4) is 0 Å². The van der Waals surface area contributed by atoms with Crippen molar-refractivity contribution in [3.05, 3.63) is 65.7 Å². The van der Waals surface area contributed by atoms with Crippen molar-refractivity contribution in [3.63, 3.8) is 0 Å². The molecule has 1 aliphatic rings. The zero-order chi connectivity index (χ0) is 18.6. The first-order valence-electron chi connectivity index (χ1n) is 8.95. The minimum atomic E-state index is -3.67. The van der Waals surface area contributed by atoms with Crippen LogP contribution in [0.25, 0.3) is 0 Å². The van der Waals surface area contributed by atoms with Crippen LogP contribution in [0.5, 0.6) is 0 Å². The Morgan fingerprint density at radius 3 is 2.42 bits per heavy atom. The van der Waals surface area contributed by atoms with E-state index in [-0.39, 0.29) is 10.8 Å². The van der Waals surface area contributed by atoms with Gasteiger partial charge in [0.2, 0.25) is 15.9 Å². The normalized spacial score (nSPS) is 18.0. The van der Waals surface area contributed by atoms with Gasteiger partial charge in [0, 0.05) is 13.1 Å². The van der Waals surface area contributed by atoms with Crippen molar-refractivity contribution in [2.24, 2.45) is 0 Å². The van der Waals surface area contributed by atoms with Crippen molar-refractivity contribution in [2.75, 3.05) is 6.54 Å². The molecule has 1 fully saturated rings. The van der Waals surface area contributed by atoms with Gasteiger partial charge in [-0.25, -0.2) is 8.42 Å². The fourth-order valence-electron chi connectivity index (χ4n) is 3.23. The predicted molar refractivity (Wildman–Crippen MR) is 101 cm³/mol. The molecule has 0 unspecified atom stereocenters. The molecule has 0 spiro atoms. The molecule has 5 nitrogen and oxygen atoms in total. The zero-order valence-corrected chi connectivity index (χ0v) is 15.7. The van der Waals surface area contributed by atoms with E-state index < -0.39 is 16.1 Å². The minimum absolute atomic E-state index is 0.236. The molecule has 2 aromatic carbocycles. The Morgan fingerprint density at radius 1 is 1.08 bits per heavy atom. The molecule has 1 heterocycles. The smallest absolute Gasteiger partial charge is 0.243 e. The molecule has 0 saturated carbocycles. The van der Waals surface area contributed by atoms with Crippen LogP contribution < -0.4 is 5.32 Å². The highest BCUT2D eigenvalue weighted by Gasteiger charge is 2.39. The number of benzene rings is 2. The van der Waals surface area contributed by atoms with Crippen LogP contribution in [0, 0.1) is 0 Å². The van der Waals surface area contributed by atoms with Crippen molar-refractivity contribution in [2.45, 2.75) is 43.7 Å². The summed E-state index contributed by atoms with van der Waals surface area (Å²) in [4.78, 5) is 12.8. The van der Waals surface area contributed by atoms with Crippen LogP contribution >= 0.6 is 0 Å². The number of amides is 1. The van der Waals surface area contributed by atoms with E-state index in [0.29, 0.717) is 25.9 Å². The number of aryl methyl sites for hydroxylation is 1. The number of carbonyl (C=O) groups is 1. The summed E-state index contributed by atoms with van der Waals surface area (Å²) in [7, 11) is -3.67. The Hall–Kier alpha value is -2.18. The quantitative estimate of drug-likeness (QED) is 0.848. The summed E-state index contributed by atoms with van der Waals surface area (Å²) < 4.78 is 27.3. The lowest BCUT2D eigenvalue weighted by atomic mass is 10.2. The molecule has 1 saturated heterocycles. The van der Waals surface area contributed by atoms with Gasteiger partial charge in [0.15, 0.2) is 0 Å². The van der Waals surface area contributed by atoms with E-state index in [9.17, 15) is 13.2 Å². The second kappa shape index (κ2) is 8.01. The van der Waals surface area contributed by atoms with Crippen molar-refractivity contribution in [1.29, 1.82) is 0 Å². The minimum Gasteiger partial charge on any atom is -0.351 e. The largest absolute Gasteiger partial charge is 0.351 e. The number of hydrogen-bond acceptors (Lipinski definition) is 3. The molecule has 138 valence electrons. The maximum absolute atomic E-state index is 13.0. The van der Waals surface area contributed by atoms with Crippen molar-refractivity contribution >= 4 is 15.9 Å². The number of nitrogens with zero attached hydrogens (tertiary/aromatic N) is 1. The standard InChI is InChI=1S/C20H24N2O3S/c1-2-16-10-12-18(13-11-16)26(24,25)22-14-6-9-19(22)20(23)21-15-17-7-4-3-5-8-17/h3-5,7-8,10-13,19H,2,6,9,14-15H2,1H3,(H,21,23)/t19-/m0/s1. The predicted octanol–water partition coefficient (Wildman–Crippen LogP) is 2.72. The van der Waals surface area contributed by atoms with Crippen molar-refractivity contribution < 1.29 is 13.2 Å². The molecular formula is C20H24N2O3S. The molecule has 0 bridgehead atoms. The lowest BCUT2D eigenvalue weighted by Gasteiger charge is -2.23. The van der Waals surface area contributed by atoms with Crippen LogP contribution in [0.1, 0.15) is 30.9 Å². The topological polar surface area (TPSA) is 66.5 Å². The Kier molecular flexibility index (Phi) is 5.74. The Morgan fingerprint density at radius 2 is 1.77 bits per heavy atom. The fraction of sp³-hybridized carbons (Fsp3) is 0.350. The van der Waals surface area contributed by atoms with Crippen LogP contribution in [0.2, 0.25) is 0 Å². The van der Waals surface area contributed by atoms with E-state index in [0.717, 1.165) is 17.5 Å². The second-order valence-corrected chi connectivity index (χ2v) is 8.37. The van der Waals surface area contributed by atoms with Gasteiger partial charge in [-0.3, -0.25) is 4.79 Å². The highest BCUT2D eigenvalue weighted by molar-refractivity contribution is 7.89. The number of hydrogen-bond donors (Lipinski definition) is 1. The van der Waals surface area contributed by atoms with Gasteiger partial charge in [-0.2, -0.15) is 4.31 Å². The highest BCUT2D eigenvalue weighted by Crippen LogP contribution is 2.26. The molecule has 1 N–H and O–H groups in total. The summed E-state index contributed by atoms with van der Waals surface area (Å²) in [5.74, 6) is -0.236. The summed E-state index contributed by atoms with van der Waals surface area (Å²) >= 11 is 0. The van der Waals surface area contributed by atoms with Crippen LogP contribution in [-0.2, 0) is 27.8 Å². The Balaban J connectivity index is 1.72. The lowest BCUT2D eigenvalue weighted by Crippen LogP contribution is -2.45. The molecule has 0 aliphatic carbocycles. The molecular weight excluding hydrogens is 348 g/mol. The molecule has 26 heavy (non-hydrogen) atoms. The summed E-state index contributed by atoms with van der Waals surface area (Å²) in [6.07, 6.45) is 2.09. The maximum Gasteiger partial charge on any atom is 0.243 e. The number of sulfonamides is 1. The molecule has 2 aromatic rings. The van der Waals surface area contributed by atoms with Gasteiger partial charge in [0.1, 0.15) is 6.04 Å². The van der Waals surface area contributed by atoms with Crippen LogP contribution in [0.15, 0.2) is 59.5 Å². The van der Waals surface area contributed by atoms with Gasteiger partial charge in [-0.1, -0.05) is 49.4 Å². The van der Waals surface area contributed by atoms with Crippen LogP contribution in [-0.4, -0.2) is 31.2 Å². The first-order valence-corrected chi connectivity index (χ1v) is 10.4. The average molecular weight is 372 g/mol. The van der Waals surface area contributed by atoms with Gasteiger partial charge < -0.3 is 5.32 Å². The van der Waals surface area contributed by atoms with Gasteiger partial charge in [-0.05, 0) is 42.5 Å². The summed E-state index contributed by atoms with van der Waals surface area (Å²) in [6.45, 7) is 2.80. The zero-order valence-electron chi connectivity index (χ0n) is 14.9. The molecule has 0 radical (unpaired) electrons.